The molecule has 2 aliphatic rings. The van der Waals surface area contributed by atoms with E-state index in [4.69, 9.17) is 9.15 Å². The summed E-state index contributed by atoms with van der Waals surface area (Å²) >= 11 is 0. The smallest absolute Gasteiger partial charge is 0.229 e. The molecule has 4 heterocycles. The van der Waals surface area contributed by atoms with Crippen LogP contribution in [0.1, 0.15) is 12.2 Å². The molecule has 0 radical (unpaired) electrons. The van der Waals surface area contributed by atoms with E-state index in [0.29, 0.717) is 37.8 Å². The van der Waals surface area contributed by atoms with Crippen molar-refractivity contribution in [2.24, 2.45) is 5.92 Å². The van der Waals surface area contributed by atoms with Gasteiger partial charge in [0.1, 0.15) is 11.6 Å². The predicted octanol–water partition coefficient (Wildman–Crippen LogP) is 1.50. The number of pyridine rings is 1. The van der Waals surface area contributed by atoms with Gasteiger partial charge in [0.15, 0.2) is 0 Å². The molecule has 2 fully saturated rings. The lowest BCUT2D eigenvalue weighted by atomic mass is 10.1. The van der Waals surface area contributed by atoms with E-state index >= 15 is 0 Å². The molecule has 0 bridgehead atoms. The third-order valence-electron chi connectivity index (χ3n) is 4.86. The normalized spacial score (nSPS) is 20.1. The van der Waals surface area contributed by atoms with Crippen LogP contribution >= 0.6 is 0 Å². The summed E-state index contributed by atoms with van der Waals surface area (Å²) in [6.07, 6.45) is 3.44. The van der Waals surface area contributed by atoms with Crippen LogP contribution in [0.25, 0.3) is 0 Å². The second kappa shape index (κ2) is 7.79. The molecule has 1 unspecified atom stereocenters. The molecular formula is C19H22N4O4. The molecule has 0 saturated carbocycles. The van der Waals surface area contributed by atoms with E-state index in [1.165, 1.54) is 0 Å². The van der Waals surface area contributed by atoms with Gasteiger partial charge in [-0.05, 0) is 24.3 Å². The van der Waals surface area contributed by atoms with Gasteiger partial charge in [0.2, 0.25) is 11.8 Å². The topological polar surface area (TPSA) is 87.9 Å². The Bertz CT molecular complexity index is 785. The summed E-state index contributed by atoms with van der Waals surface area (Å²) in [5, 5.41) is 2.87. The van der Waals surface area contributed by atoms with Crippen LogP contribution in [0.3, 0.4) is 0 Å². The van der Waals surface area contributed by atoms with Crippen molar-refractivity contribution < 1.29 is 18.7 Å². The Hall–Kier alpha value is -2.87. The van der Waals surface area contributed by atoms with Crippen molar-refractivity contribution in [3.63, 3.8) is 0 Å². The Balaban J connectivity index is 1.33. The van der Waals surface area contributed by atoms with Crippen molar-refractivity contribution in [3.05, 3.63) is 42.5 Å². The molecule has 2 saturated heterocycles. The Kier molecular flexibility index (Phi) is 5.06. The quantitative estimate of drug-likeness (QED) is 0.858. The number of morpholine rings is 1. The molecule has 8 nitrogen and oxygen atoms in total. The van der Waals surface area contributed by atoms with Gasteiger partial charge in [-0.25, -0.2) is 4.98 Å². The number of nitrogens with one attached hydrogen (secondary N) is 1. The SMILES string of the molecule is O=C(Nc1ccc(N2CCOCC2)nc1)C1CC(=O)N(Cc2ccco2)C1. The number of nitrogens with zero attached hydrogens (tertiary/aromatic N) is 3. The molecule has 27 heavy (non-hydrogen) atoms. The summed E-state index contributed by atoms with van der Waals surface area (Å²) in [5.41, 5.74) is 0.633. The maximum absolute atomic E-state index is 12.5. The van der Waals surface area contributed by atoms with Crippen molar-refractivity contribution in [1.29, 1.82) is 0 Å². The van der Waals surface area contributed by atoms with Crippen LogP contribution < -0.4 is 10.2 Å². The van der Waals surface area contributed by atoms with Gasteiger partial charge in [0.25, 0.3) is 0 Å². The highest BCUT2D eigenvalue weighted by atomic mass is 16.5. The lowest BCUT2D eigenvalue weighted by Gasteiger charge is -2.27. The standard InChI is InChI=1S/C19H22N4O4/c24-18-10-14(12-23(18)13-16-2-1-7-27-16)19(25)21-15-3-4-17(20-11-15)22-5-8-26-9-6-22/h1-4,7,11,14H,5-6,8-10,12-13H2,(H,21,25). The largest absolute Gasteiger partial charge is 0.467 e. The predicted molar refractivity (Wildman–Crippen MR) is 98.1 cm³/mol. The molecule has 0 aliphatic carbocycles. The molecule has 0 aromatic carbocycles. The summed E-state index contributed by atoms with van der Waals surface area (Å²) < 4.78 is 10.6. The van der Waals surface area contributed by atoms with E-state index in [1.54, 1.807) is 23.4 Å². The highest BCUT2D eigenvalue weighted by molar-refractivity contribution is 5.97. The third-order valence-corrected chi connectivity index (χ3v) is 4.86. The highest BCUT2D eigenvalue weighted by Crippen LogP contribution is 2.22. The summed E-state index contributed by atoms with van der Waals surface area (Å²) in [7, 11) is 0. The Morgan fingerprint density at radius 1 is 1.26 bits per heavy atom. The van der Waals surface area contributed by atoms with Crippen LogP contribution in [0.5, 0.6) is 0 Å². The lowest BCUT2D eigenvalue weighted by Crippen LogP contribution is -2.36. The second-order valence-electron chi connectivity index (χ2n) is 6.75. The monoisotopic (exact) mass is 370 g/mol. The molecule has 0 spiro atoms. The Morgan fingerprint density at radius 3 is 2.81 bits per heavy atom. The number of carbonyl (C=O) groups is 2. The van der Waals surface area contributed by atoms with Gasteiger partial charge in [0, 0.05) is 26.1 Å². The minimum atomic E-state index is -0.369. The fourth-order valence-corrected chi connectivity index (χ4v) is 3.38. The van der Waals surface area contributed by atoms with Crippen LogP contribution in [0.15, 0.2) is 41.1 Å². The summed E-state index contributed by atoms with van der Waals surface area (Å²) in [4.78, 5) is 32.9. The second-order valence-corrected chi connectivity index (χ2v) is 6.75. The Morgan fingerprint density at radius 2 is 2.11 bits per heavy atom. The van der Waals surface area contributed by atoms with Crippen LogP contribution in [0.2, 0.25) is 0 Å². The lowest BCUT2D eigenvalue weighted by molar-refractivity contribution is -0.128. The first-order chi connectivity index (χ1) is 13.2. The molecule has 2 aromatic rings. The minimum absolute atomic E-state index is 0.0349. The van der Waals surface area contributed by atoms with Crippen molar-refractivity contribution in [2.75, 3.05) is 43.1 Å². The average molecular weight is 370 g/mol. The number of amides is 2. The van der Waals surface area contributed by atoms with Crippen molar-refractivity contribution >= 4 is 23.3 Å². The molecule has 142 valence electrons. The van der Waals surface area contributed by atoms with Gasteiger partial charge >= 0.3 is 0 Å². The van der Waals surface area contributed by atoms with Crippen LogP contribution in [-0.2, 0) is 20.9 Å². The van der Waals surface area contributed by atoms with E-state index in [2.05, 4.69) is 15.2 Å². The molecule has 1 atom stereocenters. The molecule has 8 heteroatoms. The zero-order valence-electron chi connectivity index (χ0n) is 15.0. The molecule has 2 amide bonds. The highest BCUT2D eigenvalue weighted by Gasteiger charge is 2.34. The van der Waals surface area contributed by atoms with Crippen molar-refractivity contribution in [2.45, 2.75) is 13.0 Å². The zero-order valence-corrected chi connectivity index (χ0v) is 15.0. The fourth-order valence-electron chi connectivity index (χ4n) is 3.38. The zero-order chi connectivity index (χ0) is 18.6. The van der Waals surface area contributed by atoms with Gasteiger partial charge < -0.3 is 24.3 Å². The first kappa shape index (κ1) is 17.5. The van der Waals surface area contributed by atoms with E-state index in [0.717, 1.165) is 18.9 Å². The molecule has 2 aliphatic heterocycles. The number of hydrogen-bond acceptors (Lipinski definition) is 6. The van der Waals surface area contributed by atoms with Crippen molar-refractivity contribution in [1.82, 2.24) is 9.88 Å². The number of ether oxygens (including phenoxy) is 1. The van der Waals surface area contributed by atoms with Crippen LogP contribution in [0.4, 0.5) is 11.5 Å². The van der Waals surface area contributed by atoms with E-state index < -0.39 is 0 Å². The molecule has 4 rings (SSSR count). The fraction of sp³-hybridized carbons (Fsp3) is 0.421. The summed E-state index contributed by atoms with van der Waals surface area (Å²) in [6, 6.07) is 7.34. The van der Waals surface area contributed by atoms with Crippen molar-refractivity contribution in [3.8, 4) is 0 Å². The first-order valence-corrected chi connectivity index (χ1v) is 9.09. The van der Waals surface area contributed by atoms with E-state index in [-0.39, 0.29) is 24.2 Å². The number of rotatable bonds is 5. The average Bonchev–Trinajstić information content (AvgIpc) is 3.34. The van der Waals surface area contributed by atoms with Gasteiger partial charge in [-0.2, -0.15) is 0 Å². The molecular weight excluding hydrogens is 348 g/mol. The van der Waals surface area contributed by atoms with Crippen LogP contribution in [-0.4, -0.2) is 54.5 Å². The third kappa shape index (κ3) is 4.11. The van der Waals surface area contributed by atoms with Crippen LogP contribution in [0, 0.1) is 5.92 Å². The number of anilines is 2. The maximum Gasteiger partial charge on any atom is 0.229 e. The van der Waals surface area contributed by atoms with Gasteiger partial charge in [-0.1, -0.05) is 0 Å². The summed E-state index contributed by atoms with van der Waals surface area (Å²) in [5.74, 6) is 1.02. The number of aromatic nitrogens is 1. The maximum atomic E-state index is 12.5. The van der Waals surface area contributed by atoms with E-state index in [9.17, 15) is 9.59 Å². The number of hydrogen-bond donors (Lipinski definition) is 1. The number of furan rings is 1. The van der Waals surface area contributed by atoms with Gasteiger partial charge in [0.05, 0.1) is 43.8 Å². The number of likely N-dealkylation sites (tertiary alicyclic amines) is 1. The Labute approximate surface area is 157 Å². The first-order valence-electron chi connectivity index (χ1n) is 9.09. The molecule has 2 aromatic heterocycles. The summed E-state index contributed by atoms with van der Waals surface area (Å²) in [6.45, 7) is 3.81. The van der Waals surface area contributed by atoms with E-state index in [1.807, 2.05) is 18.2 Å². The van der Waals surface area contributed by atoms with Gasteiger partial charge in [-0.15, -0.1) is 0 Å². The molecule has 1 N–H and O–H groups in total. The van der Waals surface area contributed by atoms with Gasteiger partial charge in [-0.3, -0.25) is 9.59 Å². The number of carbonyl (C=O) groups excluding carboxylic acids is 2. The minimum Gasteiger partial charge on any atom is -0.467 e.